The molecule has 3 aromatic rings. The quantitative estimate of drug-likeness (QED) is 0.278. The van der Waals surface area contributed by atoms with Crippen LogP contribution in [0.5, 0.6) is 17.2 Å². The number of benzene rings is 3. The smallest absolute Gasteiger partial charge is 0.300 e. The number of methoxy groups -OCH3 is 2. The third-order valence-electron chi connectivity index (χ3n) is 5.78. The van der Waals surface area contributed by atoms with Gasteiger partial charge in [-0.3, -0.25) is 14.5 Å². The molecule has 3 aromatic carbocycles. The second kappa shape index (κ2) is 10.3. The Kier molecular flexibility index (Phi) is 7.06. The Bertz CT molecular complexity index is 1280. The van der Waals surface area contributed by atoms with E-state index >= 15 is 0 Å². The third-order valence-corrected chi connectivity index (χ3v) is 5.78. The average molecular weight is 474 g/mol. The van der Waals surface area contributed by atoms with E-state index in [4.69, 9.17) is 14.2 Å². The third kappa shape index (κ3) is 4.57. The first-order valence-electron chi connectivity index (χ1n) is 11.3. The van der Waals surface area contributed by atoms with Gasteiger partial charge in [0.1, 0.15) is 23.0 Å². The fourth-order valence-electron chi connectivity index (χ4n) is 4.15. The van der Waals surface area contributed by atoms with E-state index in [1.54, 1.807) is 79.9 Å². The number of aliphatic hydroxyl groups is 1. The summed E-state index contributed by atoms with van der Waals surface area (Å²) in [4.78, 5) is 28.2. The molecule has 7 heteroatoms. The predicted octanol–water partition coefficient (Wildman–Crippen LogP) is 5.12. The van der Waals surface area contributed by atoms with Gasteiger partial charge in [-0.1, -0.05) is 37.3 Å². The van der Waals surface area contributed by atoms with Gasteiger partial charge in [0.05, 0.1) is 38.0 Å². The molecule has 1 amide bonds. The first kappa shape index (κ1) is 23.9. The lowest BCUT2D eigenvalue weighted by molar-refractivity contribution is -0.132. The van der Waals surface area contributed by atoms with Gasteiger partial charge in [0.25, 0.3) is 11.7 Å². The standard InChI is InChI=1S/C28H27NO6/c1-4-15-35-21-12-8-10-19(17-21)29-25(18-9-7-11-20(16-18)33-2)24(27(31)28(29)32)26(30)22-13-5-6-14-23(22)34-3/h5-14,16-17,25,30H,4,15H2,1-3H3/b26-24+. The number of carbonyl (C=O) groups excluding carboxylic acids is 2. The first-order chi connectivity index (χ1) is 17.0. The SMILES string of the molecule is CCCOc1cccc(N2C(=O)C(=O)/C(=C(/O)c3ccccc3OC)C2c2cccc(OC)c2)c1. The molecule has 0 aromatic heterocycles. The van der Waals surface area contributed by atoms with Crippen molar-refractivity contribution in [2.24, 2.45) is 0 Å². The number of rotatable bonds is 8. The van der Waals surface area contributed by atoms with Gasteiger partial charge in [-0.15, -0.1) is 0 Å². The van der Waals surface area contributed by atoms with E-state index in [9.17, 15) is 14.7 Å². The Morgan fingerprint density at radius 2 is 1.66 bits per heavy atom. The van der Waals surface area contributed by atoms with E-state index in [2.05, 4.69) is 0 Å². The van der Waals surface area contributed by atoms with Crippen LogP contribution in [-0.2, 0) is 9.59 Å². The number of ether oxygens (including phenoxy) is 3. The van der Waals surface area contributed by atoms with Gasteiger partial charge in [0, 0.05) is 11.8 Å². The highest BCUT2D eigenvalue weighted by Crippen LogP contribution is 2.44. The normalized spacial score (nSPS) is 16.9. The summed E-state index contributed by atoms with van der Waals surface area (Å²) in [7, 11) is 3.02. The lowest BCUT2D eigenvalue weighted by atomic mass is 9.94. The summed E-state index contributed by atoms with van der Waals surface area (Å²) in [6, 6.07) is 20.0. The molecule has 7 nitrogen and oxygen atoms in total. The maximum atomic E-state index is 13.4. The Morgan fingerprint density at radius 1 is 0.914 bits per heavy atom. The van der Waals surface area contributed by atoms with Crippen LogP contribution in [0.2, 0.25) is 0 Å². The van der Waals surface area contributed by atoms with E-state index in [0.717, 1.165) is 6.42 Å². The lowest BCUT2D eigenvalue weighted by Gasteiger charge is -2.26. The van der Waals surface area contributed by atoms with Gasteiger partial charge in [-0.2, -0.15) is 0 Å². The fraction of sp³-hybridized carbons (Fsp3) is 0.214. The molecule has 180 valence electrons. The Morgan fingerprint density at radius 3 is 2.40 bits per heavy atom. The number of hydrogen-bond acceptors (Lipinski definition) is 6. The molecule has 1 heterocycles. The number of carbonyl (C=O) groups is 2. The van der Waals surface area contributed by atoms with Crippen LogP contribution in [0.1, 0.15) is 30.5 Å². The van der Waals surface area contributed by atoms with Crippen LogP contribution in [-0.4, -0.2) is 37.6 Å². The number of anilines is 1. The molecule has 0 radical (unpaired) electrons. The molecule has 1 saturated heterocycles. The molecular formula is C28H27NO6. The molecule has 0 bridgehead atoms. The van der Waals surface area contributed by atoms with Crippen LogP contribution in [0.25, 0.3) is 5.76 Å². The summed E-state index contributed by atoms with van der Waals surface area (Å²) < 4.78 is 16.5. The van der Waals surface area contributed by atoms with Gasteiger partial charge < -0.3 is 19.3 Å². The van der Waals surface area contributed by atoms with Crippen molar-refractivity contribution in [1.82, 2.24) is 0 Å². The number of aliphatic hydroxyl groups excluding tert-OH is 1. The molecule has 1 N–H and O–H groups in total. The molecule has 35 heavy (non-hydrogen) atoms. The molecule has 1 fully saturated rings. The molecule has 1 atom stereocenters. The van der Waals surface area contributed by atoms with Crippen molar-refractivity contribution < 1.29 is 28.9 Å². The van der Waals surface area contributed by atoms with E-state index in [0.29, 0.717) is 40.7 Å². The number of Topliss-reactive ketones (excluding diaryl/α,β-unsaturated/α-hetero) is 1. The Labute approximate surface area is 204 Å². The number of amides is 1. The van der Waals surface area contributed by atoms with Crippen molar-refractivity contribution in [1.29, 1.82) is 0 Å². The summed E-state index contributed by atoms with van der Waals surface area (Å²) >= 11 is 0. The van der Waals surface area contributed by atoms with Gasteiger partial charge in [0.15, 0.2) is 0 Å². The molecule has 4 rings (SSSR count). The molecular weight excluding hydrogens is 446 g/mol. The summed E-state index contributed by atoms with van der Waals surface area (Å²) in [5, 5.41) is 11.4. The maximum Gasteiger partial charge on any atom is 0.300 e. The van der Waals surface area contributed by atoms with Gasteiger partial charge >= 0.3 is 0 Å². The highest BCUT2D eigenvalue weighted by atomic mass is 16.5. The highest BCUT2D eigenvalue weighted by Gasteiger charge is 2.47. The topological polar surface area (TPSA) is 85.3 Å². The van der Waals surface area contributed by atoms with E-state index in [1.165, 1.54) is 12.0 Å². The number of hydrogen-bond donors (Lipinski definition) is 1. The minimum absolute atomic E-state index is 0.0346. The number of ketones is 1. The number of para-hydroxylation sites is 1. The van der Waals surface area contributed by atoms with Gasteiger partial charge in [-0.05, 0) is 48.4 Å². The van der Waals surface area contributed by atoms with Crippen LogP contribution < -0.4 is 19.1 Å². The van der Waals surface area contributed by atoms with Crippen molar-refractivity contribution >= 4 is 23.1 Å². The lowest BCUT2D eigenvalue weighted by Crippen LogP contribution is -2.29. The second-order valence-corrected chi connectivity index (χ2v) is 7.99. The second-order valence-electron chi connectivity index (χ2n) is 7.99. The zero-order chi connectivity index (χ0) is 24.9. The van der Waals surface area contributed by atoms with Crippen molar-refractivity contribution in [2.75, 3.05) is 25.7 Å². The fourth-order valence-corrected chi connectivity index (χ4v) is 4.15. The summed E-state index contributed by atoms with van der Waals surface area (Å²) in [6.45, 7) is 2.53. The highest BCUT2D eigenvalue weighted by molar-refractivity contribution is 6.51. The number of nitrogens with zero attached hydrogens (tertiary/aromatic N) is 1. The Balaban J connectivity index is 1.93. The van der Waals surface area contributed by atoms with E-state index in [1.807, 2.05) is 6.92 Å². The van der Waals surface area contributed by atoms with Crippen molar-refractivity contribution in [3.8, 4) is 17.2 Å². The molecule has 1 aliphatic heterocycles. The zero-order valence-corrected chi connectivity index (χ0v) is 19.9. The van der Waals surface area contributed by atoms with Crippen LogP contribution in [0.4, 0.5) is 5.69 Å². The van der Waals surface area contributed by atoms with Crippen LogP contribution >= 0.6 is 0 Å². The summed E-state index contributed by atoms with van der Waals surface area (Å²) in [6.07, 6.45) is 0.831. The zero-order valence-electron chi connectivity index (χ0n) is 19.9. The molecule has 0 spiro atoms. The molecule has 0 saturated carbocycles. The minimum Gasteiger partial charge on any atom is -0.507 e. The van der Waals surface area contributed by atoms with E-state index < -0.39 is 17.7 Å². The van der Waals surface area contributed by atoms with Crippen LogP contribution in [0.15, 0.2) is 78.4 Å². The first-order valence-corrected chi connectivity index (χ1v) is 11.3. The van der Waals surface area contributed by atoms with Crippen LogP contribution in [0, 0.1) is 0 Å². The predicted molar refractivity (Wildman–Crippen MR) is 133 cm³/mol. The molecule has 1 aliphatic rings. The minimum atomic E-state index is -0.892. The van der Waals surface area contributed by atoms with Crippen molar-refractivity contribution in [2.45, 2.75) is 19.4 Å². The summed E-state index contributed by atoms with van der Waals surface area (Å²) in [5.74, 6) is -0.321. The average Bonchev–Trinajstić information content (AvgIpc) is 3.17. The molecule has 1 unspecified atom stereocenters. The van der Waals surface area contributed by atoms with Crippen molar-refractivity contribution in [3.63, 3.8) is 0 Å². The van der Waals surface area contributed by atoms with Gasteiger partial charge in [-0.25, -0.2) is 0 Å². The van der Waals surface area contributed by atoms with Crippen molar-refractivity contribution in [3.05, 3.63) is 89.5 Å². The Hall–Kier alpha value is -4.26. The van der Waals surface area contributed by atoms with Crippen LogP contribution in [0.3, 0.4) is 0 Å². The van der Waals surface area contributed by atoms with Gasteiger partial charge in [0.2, 0.25) is 0 Å². The summed E-state index contributed by atoms with van der Waals surface area (Å²) in [5.41, 5.74) is 1.38. The largest absolute Gasteiger partial charge is 0.507 e. The monoisotopic (exact) mass is 473 g/mol. The van der Waals surface area contributed by atoms with E-state index in [-0.39, 0.29) is 11.3 Å². The maximum absolute atomic E-state index is 13.4. The molecule has 0 aliphatic carbocycles.